The average molecular weight is 287 g/mol. The molecule has 1 aromatic rings. The number of alkyl halides is 2. The molecule has 0 aliphatic carbocycles. The first-order valence-corrected chi connectivity index (χ1v) is 6.73. The Labute approximate surface area is 118 Å². The summed E-state index contributed by atoms with van der Waals surface area (Å²) >= 11 is 0. The summed E-state index contributed by atoms with van der Waals surface area (Å²) in [6.07, 6.45) is -0.981. The minimum atomic E-state index is -2.48. The van der Waals surface area contributed by atoms with E-state index in [2.05, 4.69) is 0 Å². The number of halogens is 2. The van der Waals surface area contributed by atoms with Crippen molar-refractivity contribution in [3.05, 3.63) is 24.0 Å². The van der Waals surface area contributed by atoms with Crippen molar-refractivity contribution in [2.75, 3.05) is 19.6 Å². The second-order valence-corrected chi connectivity index (χ2v) is 5.62. The minimum absolute atomic E-state index is 0.203. The van der Waals surface area contributed by atoms with Gasteiger partial charge in [-0.3, -0.25) is 4.79 Å². The van der Waals surface area contributed by atoms with Gasteiger partial charge in [-0.05, 0) is 31.0 Å². The van der Waals surface area contributed by atoms with Gasteiger partial charge in [0.05, 0.1) is 6.54 Å². The first-order valence-electron chi connectivity index (χ1n) is 6.73. The van der Waals surface area contributed by atoms with Crippen molar-refractivity contribution >= 4 is 5.91 Å². The van der Waals surface area contributed by atoms with E-state index in [9.17, 15) is 13.6 Å². The van der Waals surface area contributed by atoms with Crippen LogP contribution in [0.1, 0.15) is 31.3 Å². The van der Waals surface area contributed by atoms with Gasteiger partial charge in [-0.15, -0.1) is 0 Å². The van der Waals surface area contributed by atoms with E-state index in [1.54, 1.807) is 17.0 Å². The fourth-order valence-corrected chi connectivity index (χ4v) is 1.99. The summed E-state index contributed by atoms with van der Waals surface area (Å²) in [4.78, 5) is 14.1. The molecule has 0 bridgehead atoms. The molecule has 0 fully saturated rings. The van der Waals surface area contributed by atoms with E-state index < -0.39 is 13.0 Å². The molecule has 0 saturated carbocycles. The molecule has 1 amide bonds. The highest BCUT2D eigenvalue weighted by molar-refractivity contribution is 5.92. The average Bonchev–Trinajstić information content (AvgIpc) is 2.82. The molecule has 2 N–H and O–H groups in total. The Hall–Kier alpha value is -1.43. The number of rotatable bonds is 7. The second kappa shape index (κ2) is 6.83. The highest BCUT2D eigenvalue weighted by Gasteiger charge is 2.25. The molecular weight excluding hydrogens is 264 g/mol. The molecule has 0 saturated heterocycles. The van der Waals surface area contributed by atoms with Gasteiger partial charge in [-0.2, -0.15) is 0 Å². The molecule has 0 aliphatic heterocycles. The minimum Gasteiger partial charge on any atom is -0.338 e. The predicted octanol–water partition coefficient (Wildman–Crippen LogP) is 2.20. The fraction of sp³-hybridized carbons (Fsp3) is 0.643. The van der Waals surface area contributed by atoms with Crippen molar-refractivity contribution in [3.8, 4) is 0 Å². The fourth-order valence-electron chi connectivity index (χ4n) is 1.99. The van der Waals surface area contributed by atoms with Crippen LogP contribution in [-0.4, -0.2) is 41.4 Å². The quantitative estimate of drug-likeness (QED) is 0.836. The summed E-state index contributed by atoms with van der Waals surface area (Å²) in [5.41, 5.74) is 5.77. The topological polar surface area (TPSA) is 51.3 Å². The molecule has 1 rings (SSSR count). The van der Waals surface area contributed by atoms with Crippen LogP contribution >= 0.6 is 0 Å². The monoisotopic (exact) mass is 287 g/mol. The lowest BCUT2D eigenvalue weighted by Gasteiger charge is -2.31. The van der Waals surface area contributed by atoms with Gasteiger partial charge in [-0.25, -0.2) is 8.78 Å². The van der Waals surface area contributed by atoms with Crippen LogP contribution in [0.5, 0.6) is 0 Å². The Bertz CT molecular complexity index is 443. The highest BCUT2D eigenvalue weighted by atomic mass is 19.3. The maximum absolute atomic E-state index is 12.5. The van der Waals surface area contributed by atoms with Crippen molar-refractivity contribution in [1.29, 1.82) is 0 Å². The molecule has 1 aromatic heterocycles. The molecule has 0 aliphatic rings. The Kier molecular flexibility index (Phi) is 5.68. The van der Waals surface area contributed by atoms with Crippen molar-refractivity contribution < 1.29 is 13.6 Å². The Morgan fingerprint density at radius 1 is 1.50 bits per heavy atom. The first-order chi connectivity index (χ1) is 9.30. The van der Waals surface area contributed by atoms with E-state index in [1.165, 1.54) is 10.8 Å². The Morgan fingerprint density at radius 2 is 2.15 bits per heavy atom. The lowest BCUT2D eigenvalue weighted by molar-refractivity contribution is 0.0681. The predicted molar refractivity (Wildman–Crippen MR) is 74.8 cm³/mol. The molecule has 0 aromatic carbocycles. The lowest BCUT2D eigenvalue weighted by atomic mass is 9.93. The van der Waals surface area contributed by atoms with Crippen molar-refractivity contribution in [3.63, 3.8) is 0 Å². The lowest BCUT2D eigenvalue weighted by Crippen LogP contribution is -2.42. The molecule has 0 spiro atoms. The van der Waals surface area contributed by atoms with Crippen molar-refractivity contribution in [2.24, 2.45) is 11.1 Å². The number of nitrogens with zero attached hydrogens (tertiary/aromatic N) is 2. The third-order valence-corrected chi connectivity index (χ3v) is 3.22. The smallest absolute Gasteiger partial charge is 0.270 e. The molecule has 0 radical (unpaired) electrons. The molecule has 4 nitrogen and oxygen atoms in total. The van der Waals surface area contributed by atoms with Gasteiger partial charge in [0.15, 0.2) is 0 Å². The largest absolute Gasteiger partial charge is 0.338 e. The summed E-state index contributed by atoms with van der Waals surface area (Å²) < 4.78 is 26.3. The maximum atomic E-state index is 12.5. The molecule has 6 heteroatoms. The maximum Gasteiger partial charge on any atom is 0.270 e. The highest BCUT2D eigenvalue weighted by Crippen LogP contribution is 2.17. The molecular formula is C14H23F2N3O. The number of amides is 1. The molecule has 20 heavy (non-hydrogen) atoms. The van der Waals surface area contributed by atoms with E-state index in [-0.39, 0.29) is 11.3 Å². The van der Waals surface area contributed by atoms with Crippen LogP contribution in [0.4, 0.5) is 8.78 Å². The summed E-state index contributed by atoms with van der Waals surface area (Å²) in [6, 6.07) is 3.18. The van der Waals surface area contributed by atoms with Crippen molar-refractivity contribution in [2.45, 2.75) is 33.7 Å². The first kappa shape index (κ1) is 16.6. The van der Waals surface area contributed by atoms with Gasteiger partial charge in [0.2, 0.25) is 0 Å². The summed E-state index contributed by atoms with van der Waals surface area (Å²) in [5.74, 6) is -0.236. The van der Waals surface area contributed by atoms with Crippen LogP contribution < -0.4 is 5.73 Å². The third kappa shape index (κ3) is 4.30. The number of nitrogens with two attached hydrogens (primary N) is 1. The standard InChI is InChI=1S/C14H23F2N3O/c1-4-18(10-14(2,3)9-17)13(20)11-6-5-7-19(11)8-12(15)16/h5-7,12H,4,8-10,17H2,1-3H3. The zero-order chi connectivity index (χ0) is 15.3. The molecule has 1 heterocycles. The molecule has 114 valence electrons. The van der Waals surface area contributed by atoms with Crippen LogP contribution in [0.25, 0.3) is 0 Å². The van der Waals surface area contributed by atoms with Crippen LogP contribution in [0.2, 0.25) is 0 Å². The zero-order valence-electron chi connectivity index (χ0n) is 12.3. The van der Waals surface area contributed by atoms with Gasteiger partial charge in [0.1, 0.15) is 5.69 Å². The SMILES string of the molecule is CCN(CC(C)(C)CN)C(=O)c1cccn1CC(F)F. The van der Waals surface area contributed by atoms with Crippen LogP contribution in [-0.2, 0) is 6.54 Å². The van der Waals surface area contributed by atoms with E-state index >= 15 is 0 Å². The van der Waals surface area contributed by atoms with E-state index in [0.717, 1.165) is 0 Å². The Balaban J connectivity index is 2.89. The van der Waals surface area contributed by atoms with Gasteiger partial charge in [0.25, 0.3) is 12.3 Å². The number of carbonyl (C=O) groups is 1. The summed E-state index contributed by atoms with van der Waals surface area (Å²) in [7, 11) is 0. The summed E-state index contributed by atoms with van der Waals surface area (Å²) in [5, 5.41) is 0. The summed E-state index contributed by atoms with van der Waals surface area (Å²) in [6.45, 7) is 6.81. The van der Waals surface area contributed by atoms with E-state index in [1.807, 2.05) is 20.8 Å². The van der Waals surface area contributed by atoms with Gasteiger partial charge < -0.3 is 15.2 Å². The molecule has 0 unspecified atom stereocenters. The van der Waals surface area contributed by atoms with Crippen LogP contribution in [0.3, 0.4) is 0 Å². The van der Waals surface area contributed by atoms with Crippen LogP contribution in [0, 0.1) is 5.41 Å². The number of hydrogen-bond donors (Lipinski definition) is 1. The third-order valence-electron chi connectivity index (χ3n) is 3.22. The Morgan fingerprint density at radius 3 is 2.65 bits per heavy atom. The zero-order valence-corrected chi connectivity index (χ0v) is 12.3. The number of carbonyl (C=O) groups excluding carboxylic acids is 1. The van der Waals surface area contributed by atoms with E-state index in [0.29, 0.717) is 25.3 Å². The van der Waals surface area contributed by atoms with Crippen molar-refractivity contribution in [1.82, 2.24) is 9.47 Å². The number of aromatic nitrogens is 1. The van der Waals surface area contributed by atoms with Gasteiger partial charge in [-0.1, -0.05) is 13.8 Å². The van der Waals surface area contributed by atoms with Gasteiger partial charge in [0, 0.05) is 19.3 Å². The van der Waals surface area contributed by atoms with Crippen LogP contribution in [0.15, 0.2) is 18.3 Å². The second-order valence-electron chi connectivity index (χ2n) is 5.62. The number of hydrogen-bond acceptors (Lipinski definition) is 2. The molecule has 0 atom stereocenters. The van der Waals surface area contributed by atoms with Gasteiger partial charge >= 0.3 is 0 Å². The normalized spacial score (nSPS) is 11.9. The van der Waals surface area contributed by atoms with E-state index in [4.69, 9.17) is 5.73 Å².